The van der Waals surface area contributed by atoms with Crippen molar-refractivity contribution in [2.45, 2.75) is 5.16 Å². The van der Waals surface area contributed by atoms with Crippen LogP contribution in [0.4, 0.5) is 5.69 Å². The van der Waals surface area contributed by atoms with E-state index in [1.165, 1.54) is 11.8 Å². The van der Waals surface area contributed by atoms with E-state index in [4.69, 9.17) is 4.74 Å². The van der Waals surface area contributed by atoms with Gasteiger partial charge in [-0.3, -0.25) is 14.3 Å². The van der Waals surface area contributed by atoms with Crippen molar-refractivity contribution in [1.82, 2.24) is 19.7 Å². The number of pyridine rings is 1. The van der Waals surface area contributed by atoms with Gasteiger partial charge in [-0.25, -0.2) is 0 Å². The molecule has 0 fully saturated rings. The van der Waals surface area contributed by atoms with Crippen LogP contribution >= 0.6 is 11.8 Å². The van der Waals surface area contributed by atoms with Gasteiger partial charge in [0.15, 0.2) is 11.0 Å². The van der Waals surface area contributed by atoms with E-state index < -0.39 is 0 Å². The predicted octanol–water partition coefficient (Wildman–Crippen LogP) is 4.09. The van der Waals surface area contributed by atoms with Gasteiger partial charge in [0.1, 0.15) is 5.75 Å². The molecule has 0 saturated carbocycles. The van der Waals surface area contributed by atoms with Gasteiger partial charge in [-0.1, -0.05) is 42.1 Å². The Morgan fingerprint density at radius 2 is 1.71 bits per heavy atom. The molecule has 0 aliphatic carbocycles. The molecule has 2 aromatic heterocycles. The van der Waals surface area contributed by atoms with Crippen LogP contribution in [-0.4, -0.2) is 45.6 Å². The van der Waals surface area contributed by atoms with E-state index in [1.54, 1.807) is 31.5 Å². The first kappa shape index (κ1) is 20.6. The van der Waals surface area contributed by atoms with Crippen molar-refractivity contribution < 1.29 is 9.53 Å². The minimum absolute atomic E-state index is 0.0313. The van der Waals surface area contributed by atoms with E-state index in [1.807, 2.05) is 71.3 Å². The second-order valence-corrected chi connectivity index (χ2v) is 7.57. The van der Waals surface area contributed by atoms with Crippen LogP contribution in [0, 0.1) is 0 Å². The van der Waals surface area contributed by atoms with Gasteiger partial charge < -0.3 is 9.64 Å². The highest BCUT2D eigenvalue weighted by molar-refractivity contribution is 7.99. The van der Waals surface area contributed by atoms with E-state index in [-0.39, 0.29) is 11.7 Å². The van der Waals surface area contributed by atoms with E-state index in [0.29, 0.717) is 16.7 Å². The average Bonchev–Trinajstić information content (AvgIpc) is 3.26. The molecule has 31 heavy (non-hydrogen) atoms. The van der Waals surface area contributed by atoms with Gasteiger partial charge in [-0.05, 0) is 36.4 Å². The summed E-state index contributed by atoms with van der Waals surface area (Å²) in [4.78, 5) is 18.5. The molecule has 4 aromatic rings. The van der Waals surface area contributed by atoms with Crippen LogP contribution in [0.3, 0.4) is 0 Å². The number of aromatic nitrogens is 4. The summed E-state index contributed by atoms with van der Waals surface area (Å²) in [6.07, 6.45) is 3.42. The SMILES string of the molecule is COc1ccccc1-n1c(SCC(=O)N(C)c2ccccc2)nnc1-c1ccncc1. The van der Waals surface area contributed by atoms with Crippen molar-refractivity contribution in [1.29, 1.82) is 0 Å². The minimum atomic E-state index is -0.0313. The van der Waals surface area contributed by atoms with E-state index in [2.05, 4.69) is 15.2 Å². The zero-order valence-corrected chi connectivity index (χ0v) is 18.0. The number of amides is 1. The normalized spacial score (nSPS) is 10.6. The number of carbonyl (C=O) groups is 1. The monoisotopic (exact) mass is 431 g/mol. The molecule has 7 nitrogen and oxygen atoms in total. The summed E-state index contributed by atoms with van der Waals surface area (Å²) in [6.45, 7) is 0. The van der Waals surface area contributed by atoms with Crippen molar-refractivity contribution in [3.8, 4) is 22.8 Å². The fourth-order valence-corrected chi connectivity index (χ4v) is 3.96. The molecule has 0 aliphatic heterocycles. The maximum atomic E-state index is 12.8. The molecule has 0 atom stereocenters. The van der Waals surface area contributed by atoms with Crippen LogP contribution in [0.25, 0.3) is 17.1 Å². The Bertz CT molecular complexity index is 1170. The Balaban J connectivity index is 1.67. The number of ether oxygens (including phenoxy) is 1. The lowest BCUT2D eigenvalue weighted by Crippen LogP contribution is -2.27. The van der Waals surface area contributed by atoms with Gasteiger partial charge in [-0.15, -0.1) is 10.2 Å². The van der Waals surface area contributed by atoms with Crippen LogP contribution in [0.15, 0.2) is 84.3 Å². The Morgan fingerprint density at radius 3 is 2.45 bits per heavy atom. The topological polar surface area (TPSA) is 73.1 Å². The molecule has 1 amide bonds. The molecule has 2 heterocycles. The number of anilines is 1. The summed E-state index contributed by atoms with van der Waals surface area (Å²) < 4.78 is 7.47. The van der Waals surface area contributed by atoms with Crippen LogP contribution in [0.1, 0.15) is 0 Å². The lowest BCUT2D eigenvalue weighted by atomic mass is 10.2. The number of hydrogen-bond acceptors (Lipinski definition) is 6. The number of benzene rings is 2. The third-order valence-electron chi connectivity index (χ3n) is 4.74. The first-order valence-electron chi connectivity index (χ1n) is 9.62. The predicted molar refractivity (Wildman–Crippen MR) is 122 cm³/mol. The number of nitrogens with zero attached hydrogens (tertiary/aromatic N) is 5. The van der Waals surface area contributed by atoms with Crippen molar-refractivity contribution in [2.24, 2.45) is 0 Å². The summed E-state index contributed by atoms with van der Waals surface area (Å²) >= 11 is 1.33. The van der Waals surface area contributed by atoms with Gasteiger partial charge in [0, 0.05) is 30.7 Å². The van der Waals surface area contributed by atoms with Gasteiger partial charge in [0.05, 0.1) is 18.6 Å². The highest BCUT2D eigenvalue weighted by Crippen LogP contribution is 2.32. The van der Waals surface area contributed by atoms with E-state index in [9.17, 15) is 4.79 Å². The fraction of sp³-hybridized carbons (Fsp3) is 0.130. The van der Waals surface area contributed by atoms with Gasteiger partial charge in [-0.2, -0.15) is 0 Å². The summed E-state index contributed by atoms with van der Waals surface area (Å²) in [6, 6.07) is 21.0. The first-order valence-corrected chi connectivity index (χ1v) is 10.6. The molecule has 0 bridgehead atoms. The smallest absolute Gasteiger partial charge is 0.237 e. The number of thioether (sulfide) groups is 1. The largest absolute Gasteiger partial charge is 0.495 e. The average molecular weight is 432 g/mol. The fourth-order valence-electron chi connectivity index (χ4n) is 3.10. The molecular formula is C23H21N5O2S. The van der Waals surface area contributed by atoms with Gasteiger partial charge >= 0.3 is 0 Å². The molecule has 0 N–H and O–H groups in total. The molecule has 8 heteroatoms. The summed E-state index contributed by atoms with van der Waals surface area (Å²) in [5.41, 5.74) is 2.51. The molecule has 0 saturated heterocycles. The van der Waals surface area contributed by atoms with Crippen molar-refractivity contribution in [3.05, 3.63) is 79.1 Å². The second kappa shape index (κ2) is 9.44. The van der Waals surface area contributed by atoms with Crippen molar-refractivity contribution >= 4 is 23.4 Å². The lowest BCUT2D eigenvalue weighted by Gasteiger charge is -2.17. The number of carbonyl (C=O) groups excluding carboxylic acids is 1. The Morgan fingerprint density at radius 1 is 1.00 bits per heavy atom. The zero-order chi connectivity index (χ0) is 21.6. The minimum Gasteiger partial charge on any atom is -0.495 e. The number of para-hydroxylation sites is 3. The van der Waals surface area contributed by atoms with Crippen molar-refractivity contribution in [2.75, 3.05) is 24.8 Å². The summed E-state index contributed by atoms with van der Waals surface area (Å²) in [7, 11) is 3.39. The molecule has 2 aromatic carbocycles. The summed E-state index contributed by atoms with van der Waals surface area (Å²) in [5, 5.41) is 9.38. The van der Waals surface area contributed by atoms with Crippen LogP contribution in [0.2, 0.25) is 0 Å². The Kier molecular flexibility index (Phi) is 6.28. The highest BCUT2D eigenvalue weighted by Gasteiger charge is 2.20. The third-order valence-corrected chi connectivity index (χ3v) is 5.65. The lowest BCUT2D eigenvalue weighted by molar-refractivity contribution is -0.115. The molecule has 156 valence electrons. The maximum Gasteiger partial charge on any atom is 0.237 e. The second-order valence-electron chi connectivity index (χ2n) is 6.63. The number of rotatable bonds is 7. The van der Waals surface area contributed by atoms with Gasteiger partial charge in [0.25, 0.3) is 0 Å². The third kappa shape index (κ3) is 4.44. The first-order chi connectivity index (χ1) is 15.2. The van der Waals surface area contributed by atoms with Gasteiger partial charge in [0.2, 0.25) is 5.91 Å². The quantitative estimate of drug-likeness (QED) is 0.410. The van der Waals surface area contributed by atoms with E-state index >= 15 is 0 Å². The number of methoxy groups -OCH3 is 1. The highest BCUT2D eigenvalue weighted by atomic mass is 32.2. The molecule has 4 rings (SSSR count). The number of hydrogen-bond donors (Lipinski definition) is 0. The van der Waals surface area contributed by atoms with Crippen LogP contribution < -0.4 is 9.64 Å². The molecule has 0 aliphatic rings. The zero-order valence-electron chi connectivity index (χ0n) is 17.2. The van der Waals surface area contributed by atoms with Crippen molar-refractivity contribution in [3.63, 3.8) is 0 Å². The Hall–Kier alpha value is -3.65. The molecule has 0 spiro atoms. The Labute approximate surface area is 184 Å². The molecule has 0 unspecified atom stereocenters. The van der Waals surface area contributed by atoms with Crippen LogP contribution in [0.5, 0.6) is 5.75 Å². The molecule has 0 radical (unpaired) electrons. The summed E-state index contributed by atoms with van der Waals surface area (Å²) in [5.74, 6) is 1.52. The standard InChI is InChI=1S/C23H21N5O2S/c1-27(18-8-4-3-5-9-18)21(29)16-31-23-26-25-22(17-12-14-24-15-13-17)28(23)19-10-6-7-11-20(19)30-2/h3-15H,16H2,1-2H3. The maximum absolute atomic E-state index is 12.8. The van der Waals surface area contributed by atoms with E-state index in [0.717, 1.165) is 16.9 Å². The molecular weight excluding hydrogens is 410 g/mol. The van der Waals surface area contributed by atoms with Crippen LogP contribution in [-0.2, 0) is 4.79 Å².